The Bertz CT molecular complexity index is 1250. The number of hydrogen-bond acceptors (Lipinski definition) is 4. The van der Waals surface area contributed by atoms with Gasteiger partial charge >= 0.3 is 0 Å². The molecule has 0 amide bonds. The fraction of sp³-hybridized carbons (Fsp3) is 0.457. The first-order valence-corrected chi connectivity index (χ1v) is 14.4. The van der Waals surface area contributed by atoms with Crippen LogP contribution >= 0.6 is 0 Å². The number of aliphatic hydroxyl groups excluding tert-OH is 1. The minimum atomic E-state index is 0.198. The van der Waals surface area contributed by atoms with Crippen LogP contribution in [0.3, 0.4) is 0 Å². The molecule has 0 spiro atoms. The Morgan fingerprint density at radius 1 is 1.15 bits per heavy atom. The molecule has 1 aromatic carbocycles. The predicted molar refractivity (Wildman–Crippen MR) is 163 cm³/mol. The Morgan fingerprint density at radius 3 is 2.59 bits per heavy atom. The molecule has 39 heavy (non-hydrogen) atoms. The summed E-state index contributed by atoms with van der Waals surface area (Å²) in [7, 11) is 0. The zero-order chi connectivity index (χ0) is 28.5. The van der Waals surface area contributed by atoms with Crippen molar-refractivity contribution < 1.29 is 9.84 Å². The first-order valence-electron chi connectivity index (χ1n) is 14.4. The molecule has 3 N–H and O–H groups in total. The van der Waals surface area contributed by atoms with Gasteiger partial charge in [0.2, 0.25) is 0 Å². The number of ether oxygens (including phenoxy) is 1. The van der Waals surface area contributed by atoms with Crippen molar-refractivity contribution >= 4 is 5.57 Å². The SMILES string of the molecule is CC1=CC(Oc2cc(C#N)ccc2C2=C\CC(C)/C=C(CCN)/C=C\2)=CC(C(CCCO)C(C)C)=C(C)C1C. The van der Waals surface area contributed by atoms with Crippen molar-refractivity contribution in [3.05, 3.63) is 93.8 Å². The van der Waals surface area contributed by atoms with E-state index in [0.717, 1.165) is 42.6 Å². The van der Waals surface area contributed by atoms with Gasteiger partial charge in [-0.1, -0.05) is 68.7 Å². The molecule has 0 saturated carbocycles. The Morgan fingerprint density at radius 2 is 1.92 bits per heavy atom. The lowest BCUT2D eigenvalue weighted by atomic mass is 9.79. The summed E-state index contributed by atoms with van der Waals surface area (Å²) >= 11 is 0. The van der Waals surface area contributed by atoms with Gasteiger partial charge in [-0.2, -0.15) is 5.26 Å². The largest absolute Gasteiger partial charge is 0.457 e. The first kappa shape index (κ1) is 30.4. The molecule has 4 heteroatoms. The normalized spacial score (nSPS) is 24.2. The Kier molecular flexibility index (Phi) is 11.2. The van der Waals surface area contributed by atoms with Crippen LogP contribution in [0.1, 0.15) is 78.4 Å². The van der Waals surface area contributed by atoms with E-state index in [2.05, 4.69) is 84.1 Å². The van der Waals surface area contributed by atoms with Crippen molar-refractivity contribution in [3.8, 4) is 11.8 Å². The average Bonchev–Trinajstić information content (AvgIpc) is 2.99. The number of rotatable bonds is 10. The molecule has 2 aliphatic carbocycles. The highest BCUT2D eigenvalue weighted by Gasteiger charge is 2.25. The molecule has 0 aromatic heterocycles. The molecule has 1 aromatic rings. The maximum absolute atomic E-state index is 9.69. The fourth-order valence-electron chi connectivity index (χ4n) is 5.51. The number of nitriles is 1. The van der Waals surface area contributed by atoms with E-state index < -0.39 is 0 Å². The van der Waals surface area contributed by atoms with Crippen LogP contribution in [0.4, 0.5) is 0 Å². The second kappa shape index (κ2) is 14.3. The van der Waals surface area contributed by atoms with Gasteiger partial charge < -0.3 is 15.6 Å². The van der Waals surface area contributed by atoms with Gasteiger partial charge in [0.1, 0.15) is 11.5 Å². The highest BCUT2D eigenvalue weighted by atomic mass is 16.5. The second-order valence-electron chi connectivity index (χ2n) is 11.4. The van der Waals surface area contributed by atoms with Gasteiger partial charge in [0.05, 0.1) is 11.6 Å². The lowest BCUT2D eigenvalue weighted by Gasteiger charge is -2.26. The van der Waals surface area contributed by atoms with Crippen molar-refractivity contribution in [1.29, 1.82) is 5.26 Å². The summed E-state index contributed by atoms with van der Waals surface area (Å²) in [5.74, 6) is 2.93. The molecule has 0 saturated heterocycles. The molecule has 0 aliphatic heterocycles. The maximum Gasteiger partial charge on any atom is 0.136 e. The number of hydrogen-bond donors (Lipinski definition) is 2. The summed E-state index contributed by atoms with van der Waals surface area (Å²) in [5, 5.41) is 19.2. The molecule has 0 heterocycles. The molecule has 4 nitrogen and oxygen atoms in total. The number of aliphatic hydroxyl groups is 1. The zero-order valence-corrected chi connectivity index (χ0v) is 24.6. The summed E-state index contributed by atoms with van der Waals surface area (Å²) in [6, 6.07) is 7.99. The van der Waals surface area contributed by atoms with E-state index in [-0.39, 0.29) is 6.61 Å². The molecular weight excluding hydrogens is 480 g/mol. The quantitative estimate of drug-likeness (QED) is 0.323. The number of allylic oxidation sites excluding steroid dienone is 10. The monoisotopic (exact) mass is 526 g/mol. The summed E-state index contributed by atoms with van der Waals surface area (Å²) < 4.78 is 6.71. The van der Waals surface area contributed by atoms with E-state index in [1.54, 1.807) is 0 Å². The van der Waals surface area contributed by atoms with Gasteiger partial charge in [-0.3, -0.25) is 0 Å². The average molecular weight is 527 g/mol. The van der Waals surface area contributed by atoms with E-state index in [1.165, 1.54) is 22.3 Å². The first-order chi connectivity index (χ1) is 18.7. The molecule has 0 fully saturated rings. The van der Waals surface area contributed by atoms with E-state index in [9.17, 15) is 10.4 Å². The standard InChI is InChI=1S/C35H46N2O2/c1-23(2)32(8-7-17-38)34-21-31(19-25(4)26(5)27(34)6)39-35-20-29(22-37)11-14-33(35)30-12-9-24(3)18-28(10-13-30)15-16-36/h10-14,18-21,23-24,26,32,38H,7-9,15-17,36H2,1-6H3/b13-10-,28-18-,30-12-. The number of nitrogens with two attached hydrogens (primary N) is 1. The third-order valence-electron chi connectivity index (χ3n) is 8.10. The molecule has 3 atom stereocenters. The molecule has 3 unspecified atom stereocenters. The summed E-state index contributed by atoms with van der Waals surface area (Å²) in [6.07, 6.45) is 16.7. The van der Waals surface area contributed by atoms with Crippen molar-refractivity contribution in [2.24, 2.45) is 29.4 Å². The molecule has 0 bridgehead atoms. The highest BCUT2D eigenvalue weighted by Crippen LogP contribution is 2.38. The minimum Gasteiger partial charge on any atom is -0.457 e. The summed E-state index contributed by atoms with van der Waals surface area (Å²) in [4.78, 5) is 0. The molecule has 208 valence electrons. The highest BCUT2D eigenvalue weighted by molar-refractivity contribution is 5.79. The van der Waals surface area contributed by atoms with Gasteiger partial charge in [0.15, 0.2) is 0 Å². The third-order valence-corrected chi connectivity index (χ3v) is 8.10. The Balaban J connectivity index is 2.09. The Labute approximate surface area is 236 Å². The van der Waals surface area contributed by atoms with E-state index >= 15 is 0 Å². The van der Waals surface area contributed by atoms with Crippen LogP contribution in [0.25, 0.3) is 5.57 Å². The van der Waals surface area contributed by atoms with Crippen LogP contribution in [-0.2, 0) is 0 Å². The fourth-order valence-corrected chi connectivity index (χ4v) is 5.51. The van der Waals surface area contributed by atoms with Crippen LogP contribution in [0, 0.1) is 35.0 Å². The van der Waals surface area contributed by atoms with Gasteiger partial charge in [-0.25, -0.2) is 0 Å². The third kappa shape index (κ3) is 7.94. The van der Waals surface area contributed by atoms with Crippen molar-refractivity contribution in [2.45, 2.75) is 67.2 Å². The maximum atomic E-state index is 9.69. The van der Waals surface area contributed by atoms with Crippen LogP contribution in [0.2, 0.25) is 0 Å². The van der Waals surface area contributed by atoms with Crippen molar-refractivity contribution in [1.82, 2.24) is 0 Å². The minimum absolute atomic E-state index is 0.198. The number of nitrogens with zero attached hydrogens (tertiary/aromatic N) is 1. The van der Waals surface area contributed by atoms with Crippen LogP contribution in [-0.4, -0.2) is 18.3 Å². The lowest BCUT2D eigenvalue weighted by Crippen LogP contribution is -2.15. The number of benzene rings is 1. The van der Waals surface area contributed by atoms with Crippen molar-refractivity contribution in [2.75, 3.05) is 13.2 Å². The molecule has 2 aliphatic rings. The van der Waals surface area contributed by atoms with Crippen molar-refractivity contribution in [3.63, 3.8) is 0 Å². The second-order valence-corrected chi connectivity index (χ2v) is 11.4. The topological polar surface area (TPSA) is 79.3 Å². The van der Waals surface area contributed by atoms with E-state index in [4.69, 9.17) is 10.5 Å². The predicted octanol–water partition coefficient (Wildman–Crippen LogP) is 8.03. The van der Waals surface area contributed by atoms with E-state index in [1.807, 2.05) is 18.2 Å². The zero-order valence-electron chi connectivity index (χ0n) is 24.6. The van der Waals surface area contributed by atoms with Gasteiger partial charge in [-0.05, 0) is 111 Å². The van der Waals surface area contributed by atoms with Crippen LogP contribution in [0.5, 0.6) is 5.75 Å². The summed E-state index contributed by atoms with van der Waals surface area (Å²) in [6.45, 7) is 14.2. The molecule has 3 rings (SSSR count). The molecule has 0 radical (unpaired) electrons. The van der Waals surface area contributed by atoms with Gasteiger partial charge in [0, 0.05) is 12.2 Å². The molecular formula is C35H46N2O2. The van der Waals surface area contributed by atoms with Crippen LogP contribution in [0.15, 0.2) is 82.7 Å². The van der Waals surface area contributed by atoms with E-state index in [0.29, 0.717) is 41.5 Å². The van der Waals surface area contributed by atoms with Gasteiger partial charge in [0.25, 0.3) is 0 Å². The smallest absolute Gasteiger partial charge is 0.136 e. The Hall–Kier alpha value is -3.13. The van der Waals surface area contributed by atoms with Gasteiger partial charge in [-0.15, -0.1) is 0 Å². The lowest BCUT2D eigenvalue weighted by molar-refractivity contribution is 0.266. The summed E-state index contributed by atoms with van der Waals surface area (Å²) in [5.41, 5.74) is 13.6. The van der Waals surface area contributed by atoms with Crippen LogP contribution < -0.4 is 10.5 Å².